The molecular weight excluding hydrogens is 500 g/mol. The van der Waals surface area contributed by atoms with Crippen LogP contribution in [-0.2, 0) is 14.4 Å². The van der Waals surface area contributed by atoms with E-state index in [-0.39, 0.29) is 86.6 Å². The van der Waals surface area contributed by atoms with Crippen molar-refractivity contribution in [3.63, 3.8) is 0 Å². The smallest absolute Gasteiger partial charge is 0.872 e. The molecule has 34 heavy (non-hydrogen) atoms. The van der Waals surface area contributed by atoms with E-state index in [1.807, 2.05) is 0 Å². The second-order valence-electron chi connectivity index (χ2n) is 8.69. The monoisotopic (exact) mass is 520 g/mol. The van der Waals surface area contributed by atoms with Gasteiger partial charge in [-0.25, -0.2) is 0 Å². The number of carbonyl (C=O) groups is 3. The minimum atomic E-state index is -3.27. The Morgan fingerprint density at radius 3 is 2.29 bits per heavy atom. The summed E-state index contributed by atoms with van der Waals surface area (Å²) in [6.07, 6.45) is -1.96. The number of carbonyl (C=O) groups excluding carboxylic acids is 3. The van der Waals surface area contributed by atoms with Crippen LogP contribution in [0.2, 0.25) is 0 Å². The summed E-state index contributed by atoms with van der Waals surface area (Å²) in [6, 6.07) is 2.54. The fraction of sp³-hybridized carbons (Fsp3) is 0.409. The van der Waals surface area contributed by atoms with E-state index >= 15 is 0 Å². The zero-order chi connectivity index (χ0) is 23.9. The average molecular weight is 521 g/mol. The third-order valence-corrected chi connectivity index (χ3v) is 6.90. The molecule has 1 amide bonds. The Morgan fingerprint density at radius 2 is 1.76 bits per heavy atom. The first-order chi connectivity index (χ1) is 14.9. The Bertz CT molecular complexity index is 1150. The van der Waals surface area contributed by atoms with E-state index in [9.17, 15) is 39.9 Å². The standard InChI is InChI=1S/C22H22N2O8.2Ca/c1-7-8-5-4-6-9(25)11(8)16(26)12-10(7)17(27)14-15(24(2)3)18(28)13(21(23)31)20(30)22(14,32)19(12)29;;/h4-7,10,14-15,17,25-26,30H,1-3H3,(H2,23,31);;/q-2;2*+2/p-2/t7-,10+,14+,15-,17-,22-;;/m0../s1. The summed E-state index contributed by atoms with van der Waals surface area (Å²) in [5.74, 6) is -10.9. The van der Waals surface area contributed by atoms with Gasteiger partial charge < -0.3 is 31.3 Å². The zero-order valence-electron chi connectivity index (χ0n) is 18.9. The molecule has 3 N–H and O–H groups in total. The number of Topliss-reactive ketones (excluding diaryl/α,β-unsaturated/α-hetero) is 2. The largest absolute Gasteiger partial charge is 2.00 e. The number of ketones is 2. The molecule has 12 heteroatoms. The Balaban J connectivity index is 0.00000204. The molecule has 1 fully saturated rings. The summed E-state index contributed by atoms with van der Waals surface area (Å²) in [5, 5.41) is 63.9. The van der Waals surface area contributed by atoms with E-state index in [0.29, 0.717) is 0 Å². The van der Waals surface area contributed by atoms with Crippen LogP contribution in [0.4, 0.5) is 0 Å². The maximum atomic E-state index is 14.0. The van der Waals surface area contributed by atoms with Crippen LogP contribution in [0.3, 0.4) is 0 Å². The fourth-order valence-corrected chi connectivity index (χ4v) is 5.48. The normalized spacial score (nSPS) is 32.4. The number of fused-ring (bicyclic) bond motifs is 3. The van der Waals surface area contributed by atoms with Crippen molar-refractivity contribution in [2.24, 2.45) is 17.6 Å². The number of nitrogens with two attached hydrogens (primary N) is 1. The molecule has 6 atom stereocenters. The number of aliphatic hydroxyl groups is 1. The van der Waals surface area contributed by atoms with E-state index in [0.717, 1.165) is 6.07 Å². The molecule has 0 heterocycles. The van der Waals surface area contributed by atoms with Gasteiger partial charge in [0, 0.05) is 5.60 Å². The number of primary amides is 1. The first-order valence-electron chi connectivity index (χ1n) is 9.93. The Kier molecular flexibility index (Phi) is 8.68. The molecule has 0 aliphatic heterocycles. The third-order valence-electron chi connectivity index (χ3n) is 6.90. The van der Waals surface area contributed by atoms with Crippen LogP contribution in [0.15, 0.2) is 35.1 Å². The summed E-state index contributed by atoms with van der Waals surface area (Å²) >= 11 is 0. The van der Waals surface area contributed by atoms with Gasteiger partial charge in [-0.3, -0.25) is 19.3 Å². The van der Waals surface area contributed by atoms with Crippen LogP contribution in [0.1, 0.15) is 24.0 Å². The average Bonchev–Trinajstić information content (AvgIpc) is 2.70. The van der Waals surface area contributed by atoms with Crippen LogP contribution >= 0.6 is 0 Å². The van der Waals surface area contributed by atoms with Crippen molar-refractivity contribution >= 4 is 98.7 Å². The number of likely N-dealkylation sites (N-methyl/N-ethyl adjacent to an activating group) is 1. The van der Waals surface area contributed by atoms with Crippen molar-refractivity contribution in [2.45, 2.75) is 30.6 Å². The topological polar surface area (TPSA) is 193 Å². The maximum absolute atomic E-state index is 14.0. The van der Waals surface area contributed by atoms with E-state index < -0.39 is 81.4 Å². The fourth-order valence-electron chi connectivity index (χ4n) is 5.48. The maximum Gasteiger partial charge on any atom is 2.00 e. The molecule has 0 saturated heterocycles. The SMILES string of the molecule is C[C@H]1c2cccc([O-])c2C([O-])=C2C(=O)[C@]3([O-])C(O)=C(C(N)=O)C(=O)[C@@H](N(C)C)[C@@H]3[C@@H]([O-])[C@@H]21.[Ca+2].[Ca+2]. The number of aliphatic hydroxyl groups excluding tert-OH is 1. The molecule has 1 aromatic rings. The Hall–Kier alpha value is -0.691. The third kappa shape index (κ3) is 3.77. The molecule has 3 aliphatic rings. The van der Waals surface area contributed by atoms with E-state index in [1.165, 1.54) is 31.1 Å². The van der Waals surface area contributed by atoms with Crippen molar-refractivity contribution in [3.05, 3.63) is 46.2 Å². The van der Waals surface area contributed by atoms with Gasteiger partial charge in [0.15, 0.2) is 11.6 Å². The summed E-state index contributed by atoms with van der Waals surface area (Å²) in [6.45, 7) is 1.56. The van der Waals surface area contributed by atoms with Crippen LogP contribution in [0.25, 0.3) is 5.76 Å². The van der Waals surface area contributed by atoms with Gasteiger partial charge >= 0.3 is 75.5 Å². The minimum Gasteiger partial charge on any atom is -0.872 e. The number of benzene rings is 1. The van der Waals surface area contributed by atoms with Crippen molar-refractivity contribution in [1.29, 1.82) is 0 Å². The molecule has 0 bridgehead atoms. The quantitative estimate of drug-likeness (QED) is 0.286. The predicted octanol–water partition coefficient (Wildman–Crippen LogP) is -4.36. The summed E-state index contributed by atoms with van der Waals surface area (Å²) in [4.78, 5) is 39.6. The second kappa shape index (κ2) is 9.99. The zero-order valence-corrected chi connectivity index (χ0v) is 23.3. The predicted molar refractivity (Wildman–Crippen MR) is 113 cm³/mol. The number of hydrogen-bond donors (Lipinski definition) is 2. The Labute approximate surface area is 255 Å². The Morgan fingerprint density at radius 1 is 1.18 bits per heavy atom. The summed E-state index contributed by atoms with van der Waals surface area (Å²) < 4.78 is 0. The van der Waals surface area contributed by atoms with Crippen molar-refractivity contribution in [1.82, 2.24) is 4.90 Å². The van der Waals surface area contributed by atoms with Crippen LogP contribution < -0.4 is 26.2 Å². The summed E-state index contributed by atoms with van der Waals surface area (Å²) in [7, 11) is 2.77. The second-order valence-corrected chi connectivity index (χ2v) is 8.69. The molecule has 3 aliphatic carbocycles. The van der Waals surface area contributed by atoms with E-state index in [1.54, 1.807) is 6.92 Å². The van der Waals surface area contributed by atoms with Gasteiger partial charge in [0.05, 0.1) is 6.04 Å². The van der Waals surface area contributed by atoms with Gasteiger partial charge in [-0.1, -0.05) is 30.9 Å². The van der Waals surface area contributed by atoms with Gasteiger partial charge in [0.25, 0.3) is 5.91 Å². The first kappa shape index (κ1) is 29.5. The summed E-state index contributed by atoms with van der Waals surface area (Å²) in [5.41, 5.74) is 0.169. The van der Waals surface area contributed by atoms with Gasteiger partial charge in [0.1, 0.15) is 11.3 Å². The first-order valence-corrected chi connectivity index (χ1v) is 9.93. The van der Waals surface area contributed by atoms with E-state index in [4.69, 9.17) is 5.73 Å². The van der Waals surface area contributed by atoms with Crippen LogP contribution in [0.5, 0.6) is 5.75 Å². The van der Waals surface area contributed by atoms with Crippen LogP contribution in [-0.4, -0.2) is 135 Å². The molecule has 0 radical (unpaired) electrons. The van der Waals surface area contributed by atoms with Gasteiger partial charge in [-0.15, -0.1) is 11.9 Å². The van der Waals surface area contributed by atoms with Gasteiger partial charge in [-0.05, 0) is 48.5 Å². The number of nitrogens with zero attached hydrogens (tertiary/aromatic N) is 1. The van der Waals surface area contributed by atoms with Crippen molar-refractivity contribution in [2.75, 3.05) is 14.1 Å². The molecular formula is C22H20Ca2N2O8. The number of hydrogen-bond acceptors (Lipinski definition) is 9. The number of amides is 1. The van der Waals surface area contributed by atoms with Crippen molar-refractivity contribution < 1.29 is 39.9 Å². The molecule has 0 spiro atoms. The molecule has 10 nitrogen and oxygen atoms in total. The molecule has 1 aromatic carbocycles. The van der Waals surface area contributed by atoms with Gasteiger partial charge in [-0.2, -0.15) is 0 Å². The molecule has 0 aromatic heterocycles. The van der Waals surface area contributed by atoms with Crippen LogP contribution in [0, 0.1) is 11.8 Å². The minimum absolute atomic E-state index is 0. The molecule has 170 valence electrons. The molecule has 4 rings (SSSR count). The molecule has 1 saturated carbocycles. The molecule has 0 unspecified atom stereocenters. The van der Waals surface area contributed by atoms with Crippen molar-refractivity contribution in [3.8, 4) is 5.75 Å². The van der Waals surface area contributed by atoms with E-state index in [2.05, 4.69) is 0 Å². The van der Waals surface area contributed by atoms with Gasteiger partial charge in [0.2, 0.25) is 0 Å². The number of rotatable bonds is 2.